The minimum atomic E-state index is -4.75. The molecule has 1 aromatic heterocycles. The largest absolute Gasteiger partial charge is 0.573 e. The van der Waals surface area contributed by atoms with Gasteiger partial charge in [-0.05, 0) is 25.1 Å². The van der Waals surface area contributed by atoms with E-state index < -0.39 is 12.4 Å². The van der Waals surface area contributed by atoms with Gasteiger partial charge in [0.05, 0.1) is 11.7 Å². The number of nitrogens with two attached hydrogens (primary N) is 1. The molecule has 3 nitrogen and oxygen atoms in total. The van der Waals surface area contributed by atoms with Gasteiger partial charge in [-0.15, -0.1) is 13.2 Å². The molecule has 2 N–H and O–H groups in total. The van der Waals surface area contributed by atoms with Gasteiger partial charge < -0.3 is 10.5 Å². The lowest BCUT2D eigenvalue weighted by Crippen LogP contribution is -2.21. The van der Waals surface area contributed by atoms with E-state index in [1.165, 1.54) is 18.2 Å². The summed E-state index contributed by atoms with van der Waals surface area (Å²) in [5.41, 5.74) is 7.47. The van der Waals surface area contributed by atoms with Gasteiger partial charge in [0.2, 0.25) is 0 Å². The molecule has 0 aliphatic heterocycles. The first-order chi connectivity index (χ1) is 9.37. The van der Waals surface area contributed by atoms with Gasteiger partial charge in [-0.25, -0.2) is 0 Å². The predicted octanol–water partition coefficient (Wildman–Crippen LogP) is 3.34. The summed E-state index contributed by atoms with van der Waals surface area (Å²) >= 11 is 0. The van der Waals surface area contributed by atoms with Crippen LogP contribution in [0.25, 0.3) is 0 Å². The molecule has 0 fully saturated rings. The summed E-state index contributed by atoms with van der Waals surface area (Å²) < 4.78 is 41.1. The number of ether oxygens (including phenoxy) is 1. The van der Waals surface area contributed by atoms with Crippen molar-refractivity contribution in [3.8, 4) is 5.75 Å². The third kappa shape index (κ3) is 3.48. The van der Waals surface area contributed by atoms with Gasteiger partial charge in [0.25, 0.3) is 0 Å². The van der Waals surface area contributed by atoms with Gasteiger partial charge >= 0.3 is 6.36 Å². The fraction of sp³-hybridized carbons (Fsp3) is 0.214. The topological polar surface area (TPSA) is 48.1 Å². The van der Waals surface area contributed by atoms with E-state index >= 15 is 0 Å². The fourth-order valence-corrected chi connectivity index (χ4v) is 1.85. The number of pyridine rings is 1. The summed E-state index contributed by atoms with van der Waals surface area (Å²) in [6, 6.07) is 10.2. The van der Waals surface area contributed by atoms with Crippen molar-refractivity contribution in [2.24, 2.45) is 5.73 Å². The molecule has 20 heavy (non-hydrogen) atoms. The van der Waals surface area contributed by atoms with Crippen LogP contribution in [-0.2, 0) is 0 Å². The average molecular weight is 282 g/mol. The maximum absolute atomic E-state index is 12.4. The third-order valence-electron chi connectivity index (χ3n) is 2.71. The molecule has 6 heteroatoms. The van der Waals surface area contributed by atoms with E-state index in [9.17, 15) is 13.2 Å². The zero-order valence-corrected chi connectivity index (χ0v) is 10.7. The Balaban J connectivity index is 2.37. The highest BCUT2D eigenvalue weighted by molar-refractivity contribution is 5.39. The fourth-order valence-electron chi connectivity index (χ4n) is 1.85. The number of nitrogens with zero attached hydrogens (tertiary/aromatic N) is 1. The number of hydrogen-bond acceptors (Lipinski definition) is 3. The number of aryl methyl sites for hydroxylation is 1. The van der Waals surface area contributed by atoms with Gasteiger partial charge in [0.15, 0.2) is 0 Å². The zero-order chi connectivity index (χ0) is 14.8. The quantitative estimate of drug-likeness (QED) is 0.939. The van der Waals surface area contributed by atoms with Crippen molar-refractivity contribution in [3.05, 3.63) is 59.4 Å². The zero-order valence-electron chi connectivity index (χ0n) is 10.7. The van der Waals surface area contributed by atoms with Crippen molar-refractivity contribution in [1.82, 2.24) is 4.98 Å². The maximum Gasteiger partial charge on any atom is 0.573 e. The Kier molecular flexibility index (Phi) is 3.94. The molecule has 0 saturated carbocycles. The van der Waals surface area contributed by atoms with E-state index in [4.69, 9.17) is 5.73 Å². The van der Waals surface area contributed by atoms with Crippen LogP contribution in [-0.4, -0.2) is 11.3 Å². The first-order valence-electron chi connectivity index (χ1n) is 5.90. The van der Waals surface area contributed by atoms with Gasteiger partial charge in [0.1, 0.15) is 5.75 Å². The molecule has 0 bridgehead atoms. The minimum absolute atomic E-state index is 0.239. The number of halogens is 3. The molecule has 0 aliphatic carbocycles. The van der Waals surface area contributed by atoms with Gasteiger partial charge in [-0.3, -0.25) is 4.98 Å². The first kappa shape index (κ1) is 14.3. The maximum atomic E-state index is 12.4. The second kappa shape index (κ2) is 5.50. The van der Waals surface area contributed by atoms with Crippen LogP contribution in [0, 0.1) is 6.92 Å². The van der Waals surface area contributed by atoms with Crippen LogP contribution in [0.5, 0.6) is 5.75 Å². The number of hydrogen-bond donors (Lipinski definition) is 1. The first-order valence-corrected chi connectivity index (χ1v) is 5.90. The standard InChI is InChI=1S/C14H13F3N2O/c1-9-5-4-7-11(19-9)13(18)10-6-2-3-8-12(10)20-14(15,16)17/h2-8,13H,18H2,1H3. The molecular formula is C14H13F3N2O. The van der Waals surface area contributed by atoms with E-state index in [0.29, 0.717) is 5.69 Å². The smallest absolute Gasteiger partial charge is 0.405 e. The number of rotatable bonds is 3. The van der Waals surface area contributed by atoms with Crippen molar-refractivity contribution in [2.75, 3.05) is 0 Å². The highest BCUT2D eigenvalue weighted by atomic mass is 19.4. The number of alkyl halides is 3. The molecule has 0 aliphatic rings. The Morgan fingerprint density at radius 3 is 2.45 bits per heavy atom. The number of aromatic nitrogens is 1. The molecule has 1 unspecified atom stereocenters. The van der Waals surface area contributed by atoms with E-state index in [0.717, 1.165) is 5.69 Å². The summed E-state index contributed by atoms with van der Waals surface area (Å²) in [5, 5.41) is 0. The molecule has 106 valence electrons. The van der Waals surface area contributed by atoms with Crippen molar-refractivity contribution < 1.29 is 17.9 Å². The molecule has 1 atom stereocenters. The lowest BCUT2D eigenvalue weighted by Gasteiger charge is -2.17. The van der Waals surface area contributed by atoms with Crippen molar-refractivity contribution in [3.63, 3.8) is 0 Å². The SMILES string of the molecule is Cc1cccc(C(N)c2ccccc2OC(F)(F)F)n1. The lowest BCUT2D eigenvalue weighted by molar-refractivity contribution is -0.274. The summed E-state index contributed by atoms with van der Waals surface area (Å²) in [7, 11) is 0. The second-order valence-corrected chi connectivity index (χ2v) is 4.27. The Labute approximate surface area is 114 Å². The highest BCUT2D eigenvalue weighted by Crippen LogP contribution is 2.31. The number of para-hydroxylation sites is 1. The van der Waals surface area contributed by atoms with Crippen molar-refractivity contribution in [1.29, 1.82) is 0 Å². The normalized spacial score (nSPS) is 13.1. The van der Waals surface area contributed by atoms with Crippen molar-refractivity contribution in [2.45, 2.75) is 19.3 Å². The van der Waals surface area contributed by atoms with E-state index in [-0.39, 0.29) is 11.3 Å². The van der Waals surface area contributed by atoms with Crippen LogP contribution >= 0.6 is 0 Å². The van der Waals surface area contributed by atoms with E-state index in [2.05, 4.69) is 9.72 Å². The van der Waals surface area contributed by atoms with Crippen molar-refractivity contribution >= 4 is 0 Å². The monoisotopic (exact) mass is 282 g/mol. The van der Waals surface area contributed by atoms with Crippen LogP contribution in [0.1, 0.15) is 23.0 Å². The molecule has 0 spiro atoms. The minimum Gasteiger partial charge on any atom is -0.405 e. The molecule has 0 saturated heterocycles. The van der Waals surface area contributed by atoms with Gasteiger partial charge in [-0.1, -0.05) is 24.3 Å². The van der Waals surface area contributed by atoms with Crippen LogP contribution in [0.4, 0.5) is 13.2 Å². The van der Waals surface area contributed by atoms with Crippen LogP contribution in [0.3, 0.4) is 0 Å². The molecular weight excluding hydrogens is 269 g/mol. The molecule has 0 amide bonds. The lowest BCUT2D eigenvalue weighted by atomic mass is 10.0. The van der Waals surface area contributed by atoms with Gasteiger partial charge in [-0.2, -0.15) is 0 Å². The predicted molar refractivity (Wildman–Crippen MR) is 68.1 cm³/mol. The highest BCUT2D eigenvalue weighted by Gasteiger charge is 2.32. The Bertz CT molecular complexity index is 599. The van der Waals surface area contributed by atoms with E-state index in [1.54, 1.807) is 31.2 Å². The van der Waals surface area contributed by atoms with E-state index in [1.807, 2.05) is 0 Å². The summed E-state index contributed by atoms with van der Waals surface area (Å²) in [6.07, 6.45) is -4.75. The Hall–Kier alpha value is -2.08. The second-order valence-electron chi connectivity index (χ2n) is 4.27. The van der Waals surface area contributed by atoms with Crippen LogP contribution < -0.4 is 10.5 Å². The summed E-state index contributed by atoms with van der Waals surface area (Å²) in [4.78, 5) is 4.23. The Morgan fingerprint density at radius 2 is 1.80 bits per heavy atom. The molecule has 0 radical (unpaired) electrons. The summed E-state index contributed by atoms with van der Waals surface area (Å²) in [5.74, 6) is -0.309. The number of benzene rings is 1. The van der Waals surface area contributed by atoms with Gasteiger partial charge in [0, 0.05) is 11.3 Å². The average Bonchev–Trinajstić information content (AvgIpc) is 2.37. The summed E-state index contributed by atoms with van der Waals surface area (Å²) in [6.45, 7) is 1.79. The van der Waals surface area contributed by atoms with Crippen LogP contribution in [0.2, 0.25) is 0 Å². The third-order valence-corrected chi connectivity index (χ3v) is 2.71. The Morgan fingerprint density at radius 1 is 1.10 bits per heavy atom. The molecule has 1 heterocycles. The molecule has 1 aromatic carbocycles. The molecule has 2 rings (SSSR count). The van der Waals surface area contributed by atoms with Crippen LogP contribution in [0.15, 0.2) is 42.5 Å². The molecule has 2 aromatic rings.